The molecule has 0 atom stereocenters. The first-order valence-corrected chi connectivity index (χ1v) is 2.93. The first-order chi connectivity index (χ1) is 4.27. The Balaban J connectivity index is 2.67. The van der Waals surface area contributed by atoms with Crippen LogP contribution in [0.15, 0.2) is 24.6 Å². The molecule has 0 aromatic carbocycles. The largest absolute Gasteiger partial charge is 0.370 e. The van der Waals surface area contributed by atoms with Crippen LogP contribution in [0.2, 0.25) is 0 Å². The van der Waals surface area contributed by atoms with E-state index in [0.717, 1.165) is 0 Å². The fourth-order valence-corrected chi connectivity index (χ4v) is 0.674. The van der Waals surface area contributed by atoms with Gasteiger partial charge in [-0.05, 0) is 31.5 Å². The van der Waals surface area contributed by atoms with E-state index in [9.17, 15) is 0 Å². The predicted octanol–water partition coefficient (Wildman–Crippen LogP) is 1.02. The summed E-state index contributed by atoms with van der Waals surface area (Å²) < 4.78 is 5.16. The molecule has 1 heterocycles. The van der Waals surface area contributed by atoms with E-state index in [1.807, 2.05) is 31.5 Å². The molecule has 0 saturated heterocycles. The maximum absolute atomic E-state index is 5.16. The van der Waals surface area contributed by atoms with Crippen LogP contribution < -0.4 is 5.32 Å². The zero-order chi connectivity index (χ0) is 6.74. The molecule has 0 spiro atoms. The molecule has 0 bridgehead atoms. The van der Waals surface area contributed by atoms with Crippen LogP contribution in [0.25, 0.3) is 0 Å². The van der Waals surface area contributed by atoms with Crippen molar-refractivity contribution in [2.75, 3.05) is 7.11 Å². The summed E-state index contributed by atoms with van der Waals surface area (Å²) in [6.07, 6.45) is 7.66. The molecule has 0 unspecified atom stereocenters. The third kappa shape index (κ3) is 1.33. The third-order valence-corrected chi connectivity index (χ3v) is 1.46. The summed E-state index contributed by atoms with van der Waals surface area (Å²) in [6, 6.07) is 0. The summed E-state index contributed by atoms with van der Waals surface area (Å²) in [5.41, 5.74) is -0.203. The molecule has 0 aromatic rings. The Morgan fingerprint density at radius 1 is 1.33 bits per heavy atom. The van der Waals surface area contributed by atoms with Gasteiger partial charge in [0.05, 0.1) is 0 Å². The molecule has 1 N–H and O–H groups in total. The third-order valence-electron chi connectivity index (χ3n) is 1.46. The predicted molar refractivity (Wildman–Crippen MR) is 36.8 cm³/mol. The fourth-order valence-electron chi connectivity index (χ4n) is 0.674. The summed E-state index contributed by atoms with van der Waals surface area (Å²) in [4.78, 5) is 0. The topological polar surface area (TPSA) is 21.3 Å². The van der Waals surface area contributed by atoms with Crippen molar-refractivity contribution in [3.05, 3.63) is 24.6 Å². The zero-order valence-corrected chi connectivity index (χ0v) is 5.72. The highest BCUT2D eigenvalue weighted by atomic mass is 16.5. The lowest BCUT2D eigenvalue weighted by Gasteiger charge is -2.21. The highest BCUT2D eigenvalue weighted by Gasteiger charge is 2.16. The number of dihydropyridines is 1. The second-order valence-electron chi connectivity index (χ2n) is 2.22. The van der Waals surface area contributed by atoms with E-state index in [4.69, 9.17) is 4.74 Å². The van der Waals surface area contributed by atoms with Crippen molar-refractivity contribution in [3.8, 4) is 0 Å². The van der Waals surface area contributed by atoms with E-state index in [0.29, 0.717) is 0 Å². The Kier molecular flexibility index (Phi) is 1.58. The van der Waals surface area contributed by atoms with Crippen molar-refractivity contribution in [3.63, 3.8) is 0 Å². The van der Waals surface area contributed by atoms with Gasteiger partial charge in [-0.15, -0.1) is 0 Å². The quantitative estimate of drug-likeness (QED) is 0.565. The molecule has 0 amide bonds. The molecule has 0 aliphatic carbocycles. The Hall–Kier alpha value is -0.760. The number of rotatable bonds is 1. The average molecular weight is 125 g/mol. The molecular weight excluding hydrogens is 114 g/mol. The van der Waals surface area contributed by atoms with E-state index in [1.54, 1.807) is 7.11 Å². The maximum Gasteiger partial charge on any atom is 0.104 e. The van der Waals surface area contributed by atoms with Crippen LogP contribution in [0.3, 0.4) is 0 Å². The number of methoxy groups -OCH3 is 1. The number of hydrogen-bond donors (Lipinski definition) is 1. The van der Waals surface area contributed by atoms with Crippen molar-refractivity contribution in [1.82, 2.24) is 5.32 Å². The van der Waals surface area contributed by atoms with E-state index < -0.39 is 0 Å². The molecule has 2 nitrogen and oxygen atoms in total. The number of hydrogen-bond acceptors (Lipinski definition) is 2. The van der Waals surface area contributed by atoms with Gasteiger partial charge in [-0.25, -0.2) is 0 Å². The van der Waals surface area contributed by atoms with Gasteiger partial charge >= 0.3 is 0 Å². The van der Waals surface area contributed by atoms with E-state index >= 15 is 0 Å². The molecule has 50 valence electrons. The van der Waals surface area contributed by atoms with Crippen LogP contribution in [-0.4, -0.2) is 12.7 Å². The van der Waals surface area contributed by atoms with Gasteiger partial charge in [0.1, 0.15) is 5.60 Å². The highest BCUT2D eigenvalue weighted by Crippen LogP contribution is 2.13. The first-order valence-electron chi connectivity index (χ1n) is 2.93. The normalized spacial score (nSPS) is 21.6. The standard InChI is InChI=1S/C7H11NO/c1-7(9-2)3-5-8-6-4-7/h3-6,8H,1-2H3. The molecule has 9 heavy (non-hydrogen) atoms. The minimum absolute atomic E-state index is 0.203. The maximum atomic E-state index is 5.16. The summed E-state index contributed by atoms with van der Waals surface area (Å²) in [7, 11) is 1.69. The van der Waals surface area contributed by atoms with Crippen molar-refractivity contribution in [2.24, 2.45) is 0 Å². The van der Waals surface area contributed by atoms with Crippen LogP contribution in [0.4, 0.5) is 0 Å². The van der Waals surface area contributed by atoms with Gasteiger partial charge in [-0.3, -0.25) is 0 Å². The first kappa shape index (κ1) is 6.36. The SMILES string of the molecule is COC1(C)C=CNC=C1. The summed E-state index contributed by atoms with van der Waals surface area (Å²) >= 11 is 0. The lowest BCUT2D eigenvalue weighted by Crippen LogP contribution is -2.24. The zero-order valence-electron chi connectivity index (χ0n) is 5.72. The highest BCUT2D eigenvalue weighted by molar-refractivity contribution is 5.16. The number of nitrogens with one attached hydrogen (secondary N) is 1. The molecule has 1 aliphatic heterocycles. The second-order valence-corrected chi connectivity index (χ2v) is 2.22. The van der Waals surface area contributed by atoms with Crippen molar-refractivity contribution in [2.45, 2.75) is 12.5 Å². The molecule has 0 fully saturated rings. The Labute approximate surface area is 55.2 Å². The Morgan fingerprint density at radius 3 is 2.22 bits per heavy atom. The van der Waals surface area contributed by atoms with Gasteiger partial charge in [0.15, 0.2) is 0 Å². The van der Waals surface area contributed by atoms with Crippen LogP contribution >= 0.6 is 0 Å². The monoisotopic (exact) mass is 125 g/mol. The van der Waals surface area contributed by atoms with Crippen LogP contribution in [-0.2, 0) is 4.74 Å². The van der Waals surface area contributed by atoms with Gasteiger partial charge in [0, 0.05) is 7.11 Å². The van der Waals surface area contributed by atoms with Crippen molar-refractivity contribution < 1.29 is 4.74 Å². The summed E-state index contributed by atoms with van der Waals surface area (Å²) in [5, 5.41) is 2.93. The minimum Gasteiger partial charge on any atom is -0.370 e. The molecule has 1 rings (SSSR count). The summed E-state index contributed by atoms with van der Waals surface area (Å²) in [6.45, 7) is 2.00. The smallest absolute Gasteiger partial charge is 0.104 e. The van der Waals surface area contributed by atoms with Gasteiger partial charge in [0.2, 0.25) is 0 Å². The molecule has 0 radical (unpaired) electrons. The minimum atomic E-state index is -0.203. The second kappa shape index (κ2) is 2.23. The fraction of sp³-hybridized carbons (Fsp3) is 0.429. The summed E-state index contributed by atoms with van der Waals surface area (Å²) in [5.74, 6) is 0. The molecule has 0 aromatic heterocycles. The lowest BCUT2D eigenvalue weighted by atomic mass is 10.1. The number of ether oxygens (including phenoxy) is 1. The molecule has 1 aliphatic rings. The molecular formula is C7H11NO. The molecule has 0 saturated carbocycles. The van der Waals surface area contributed by atoms with Gasteiger partial charge in [-0.1, -0.05) is 0 Å². The van der Waals surface area contributed by atoms with Crippen LogP contribution in [0, 0.1) is 0 Å². The van der Waals surface area contributed by atoms with Gasteiger partial charge < -0.3 is 10.1 Å². The van der Waals surface area contributed by atoms with Crippen LogP contribution in [0.5, 0.6) is 0 Å². The van der Waals surface area contributed by atoms with Crippen molar-refractivity contribution >= 4 is 0 Å². The molecule has 2 heteroatoms. The Morgan fingerprint density at radius 2 is 1.89 bits per heavy atom. The van der Waals surface area contributed by atoms with E-state index in [2.05, 4.69) is 5.32 Å². The Bertz CT molecular complexity index is 137. The van der Waals surface area contributed by atoms with E-state index in [1.165, 1.54) is 0 Å². The van der Waals surface area contributed by atoms with Crippen molar-refractivity contribution in [1.29, 1.82) is 0 Å². The lowest BCUT2D eigenvalue weighted by molar-refractivity contribution is 0.0889. The van der Waals surface area contributed by atoms with E-state index in [-0.39, 0.29) is 5.60 Å². The van der Waals surface area contributed by atoms with Gasteiger partial charge in [-0.2, -0.15) is 0 Å². The van der Waals surface area contributed by atoms with Crippen LogP contribution in [0.1, 0.15) is 6.92 Å². The van der Waals surface area contributed by atoms with Gasteiger partial charge in [0.25, 0.3) is 0 Å². The average Bonchev–Trinajstić information content (AvgIpc) is 1.90.